The van der Waals surface area contributed by atoms with E-state index in [4.69, 9.17) is 5.73 Å². The minimum absolute atomic E-state index is 0.0210. The van der Waals surface area contributed by atoms with Crippen molar-refractivity contribution in [2.24, 2.45) is 0 Å². The third kappa shape index (κ3) is 3.64. The summed E-state index contributed by atoms with van der Waals surface area (Å²) < 4.78 is 38.9. The first-order valence-corrected chi connectivity index (χ1v) is 7.77. The maximum absolute atomic E-state index is 12.9. The van der Waals surface area contributed by atoms with Gasteiger partial charge in [-0.1, -0.05) is 11.3 Å². The molecule has 1 aromatic carbocycles. The molecule has 0 saturated carbocycles. The van der Waals surface area contributed by atoms with Crippen molar-refractivity contribution in [3.05, 3.63) is 24.0 Å². The number of nitrogens with zero attached hydrogens (tertiary/aromatic N) is 2. The van der Waals surface area contributed by atoms with E-state index in [1.54, 1.807) is 0 Å². The Hall–Kier alpha value is -2.27. The number of nitrogens with two attached hydrogens (primary N) is 1. The molecule has 1 amide bonds. The van der Waals surface area contributed by atoms with E-state index in [0.717, 1.165) is 12.1 Å². The molecule has 112 valence electrons. The Bertz CT molecular complexity index is 790. The van der Waals surface area contributed by atoms with Gasteiger partial charge in [-0.2, -0.15) is 8.42 Å². The molecule has 11 heteroatoms. The van der Waals surface area contributed by atoms with E-state index in [1.165, 1.54) is 13.0 Å². The number of hydrogen-bond donors (Lipinski definition) is 3. The number of carbonyl (C=O) groups excluding carboxylic acids is 1. The first-order chi connectivity index (χ1) is 9.78. The van der Waals surface area contributed by atoms with Gasteiger partial charge in [0.2, 0.25) is 11.0 Å². The highest BCUT2D eigenvalue weighted by Gasteiger charge is 2.21. The summed E-state index contributed by atoms with van der Waals surface area (Å²) >= 11 is 0.677. The van der Waals surface area contributed by atoms with Crippen molar-refractivity contribution in [3.63, 3.8) is 0 Å². The first-order valence-electron chi connectivity index (χ1n) is 5.47. The van der Waals surface area contributed by atoms with Crippen molar-refractivity contribution >= 4 is 43.8 Å². The molecule has 8 nitrogen and oxygen atoms in total. The van der Waals surface area contributed by atoms with E-state index in [9.17, 15) is 17.6 Å². The molecule has 0 aliphatic carbocycles. The van der Waals surface area contributed by atoms with Crippen LogP contribution in [-0.2, 0) is 14.8 Å². The Balaban J connectivity index is 2.25. The van der Waals surface area contributed by atoms with Crippen molar-refractivity contribution in [2.45, 2.75) is 11.3 Å². The molecule has 0 aliphatic rings. The molecular weight excluding hydrogens is 321 g/mol. The van der Waals surface area contributed by atoms with Gasteiger partial charge in [-0.15, -0.1) is 10.2 Å². The van der Waals surface area contributed by atoms with Crippen molar-refractivity contribution in [2.75, 3.05) is 15.8 Å². The van der Waals surface area contributed by atoms with Crippen molar-refractivity contribution in [3.8, 4) is 0 Å². The summed E-state index contributed by atoms with van der Waals surface area (Å²) in [7, 11) is -4.02. The number of nitrogen functional groups attached to an aromatic ring is 1. The van der Waals surface area contributed by atoms with Gasteiger partial charge in [0, 0.05) is 6.92 Å². The standard InChI is InChI=1S/C10H10FN5O3S2/c1-5(17)13-9-14-15-10(20-9)21(18,19)16-8-3-2-6(11)4-7(8)12/h2-4,16H,12H2,1H3,(H,13,14,17). The molecule has 0 bridgehead atoms. The maximum atomic E-state index is 12.9. The number of benzene rings is 1. The lowest BCUT2D eigenvalue weighted by Gasteiger charge is -2.07. The molecule has 4 N–H and O–H groups in total. The highest BCUT2D eigenvalue weighted by Crippen LogP contribution is 2.25. The predicted molar refractivity (Wildman–Crippen MR) is 75.8 cm³/mol. The van der Waals surface area contributed by atoms with Crippen molar-refractivity contribution in [1.82, 2.24) is 10.2 Å². The van der Waals surface area contributed by atoms with Gasteiger partial charge in [0.25, 0.3) is 14.4 Å². The Morgan fingerprint density at radius 2 is 2.10 bits per heavy atom. The van der Waals surface area contributed by atoms with Gasteiger partial charge in [-0.25, -0.2) is 4.39 Å². The quantitative estimate of drug-likeness (QED) is 0.567. The molecule has 0 fully saturated rings. The smallest absolute Gasteiger partial charge is 0.291 e. The summed E-state index contributed by atoms with van der Waals surface area (Å²) in [6, 6.07) is 3.25. The first kappa shape index (κ1) is 15.1. The Kier molecular flexibility index (Phi) is 4.04. The monoisotopic (exact) mass is 331 g/mol. The van der Waals surface area contributed by atoms with Gasteiger partial charge in [-0.05, 0) is 18.2 Å². The van der Waals surface area contributed by atoms with Crippen LogP contribution in [0.25, 0.3) is 0 Å². The Morgan fingerprint density at radius 3 is 2.71 bits per heavy atom. The fourth-order valence-electron chi connectivity index (χ4n) is 1.33. The number of anilines is 3. The van der Waals surface area contributed by atoms with Crippen LogP contribution in [0.1, 0.15) is 6.92 Å². The fraction of sp³-hybridized carbons (Fsp3) is 0.100. The molecular formula is C10H10FN5O3S2. The lowest BCUT2D eigenvalue weighted by molar-refractivity contribution is -0.114. The fourth-order valence-corrected chi connectivity index (χ4v) is 3.37. The van der Waals surface area contributed by atoms with E-state index in [-0.39, 0.29) is 20.8 Å². The van der Waals surface area contributed by atoms with Crippen LogP contribution in [0.3, 0.4) is 0 Å². The summed E-state index contributed by atoms with van der Waals surface area (Å²) in [4.78, 5) is 10.9. The lowest BCUT2D eigenvalue weighted by atomic mass is 10.3. The second kappa shape index (κ2) is 5.61. The van der Waals surface area contributed by atoms with Crippen LogP contribution in [0.15, 0.2) is 22.5 Å². The van der Waals surface area contributed by atoms with Gasteiger partial charge < -0.3 is 11.1 Å². The molecule has 0 spiro atoms. The van der Waals surface area contributed by atoms with Gasteiger partial charge in [0.15, 0.2) is 0 Å². The minimum Gasteiger partial charge on any atom is -0.397 e. The summed E-state index contributed by atoms with van der Waals surface area (Å²) in [5.74, 6) is -0.981. The molecule has 2 aromatic rings. The number of nitrogens with one attached hydrogen (secondary N) is 2. The SMILES string of the molecule is CC(=O)Nc1nnc(S(=O)(=O)Nc2ccc(F)cc2N)s1. The average Bonchev–Trinajstić information content (AvgIpc) is 2.81. The van der Waals surface area contributed by atoms with Crippen LogP contribution in [-0.4, -0.2) is 24.5 Å². The highest BCUT2D eigenvalue weighted by atomic mass is 32.2. The zero-order chi connectivity index (χ0) is 15.6. The van der Waals surface area contributed by atoms with E-state index in [2.05, 4.69) is 20.2 Å². The van der Waals surface area contributed by atoms with Gasteiger partial charge in [0.1, 0.15) is 5.82 Å². The molecule has 2 rings (SSSR count). The minimum atomic E-state index is -4.02. The number of hydrogen-bond acceptors (Lipinski definition) is 7. The second-order valence-corrected chi connectivity index (χ2v) is 6.73. The number of sulfonamides is 1. The summed E-state index contributed by atoms with van der Waals surface area (Å²) in [6.45, 7) is 1.26. The van der Waals surface area contributed by atoms with E-state index in [1.807, 2.05) is 0 Å². The zero-order valence-corrected chi connectivity index (χ0v) is 12.3. The highest BCUT2D eigenvalue weighted by molar-refractivity contribution is 7.94. The van der Waals surface area contributed by atoms with Crippen LogP contribution in [0.4, 0.5) is 20.9 Å². The third-order valence-electron chi connectivity index (χ3n) is 2.18. The maximum Gasteiger partial charge on any atom is 0.291 e. The Morgan fingerprint density at radius 1 is 1.38 bits per heavy atom. The second-order valence-electron chi connectivity index (χ2n) is 3.89. The topological polar surface area (TPSA) is 127 Å². The van der Waals surface area contributed by atoms with Crippen LogP contribution in [0, 0.1) is 5.82 Å². The van der Waals surface area contributed by atoms with Gasteiger partial charge >= 0.3 is 0 Å². The normalized spacial score (nSPS) is 11.1. The molecule has 0 saturated heterocycles. The van der Waals surface area contributed by atoms with Crippen LogP contribution in [0.2, 0.25) is 0 Å². The van der Waals surface area contributed by atoms with E-state index >= 15 is 0 Å². The Labute approximate surface area is 123 Å². The van der Waals surface area contributed by atoms with Crippen LogP contribution >= 0.6 is 11.3 Å². The van der Waals surface area contributed by atoms with E-state index < -0.39 is 21.7 Å². The number of halogens is 1. The average molecular weight is 331 g/mol. The summed E-state index contributed by atoms with van der Waals surface area (Å²) in [5, 5.41) is 9.37. The van der Waals surface area contributed by atoms with Crippen LogP contribution in [0.5, 0.6) is 0 Å². The summed E-state index contributed by atoms with van der Waals surface area (Å²) in [6.07, 6.45) is 0. The lowest BCUT2D eigenvalue weighted by Crippen LogP contribution is -2.14. The van der Waals surface area contributed by atoms with Gasteiger partial charge in [-0.3, -0.25) is 9.52 Å². The third-order valence-corrected chi connectivity index (χ3v) is 4.75. The molecule has 1 heterocycles. The predicted octanol–water partition coefficient (Wildman–Crippen LogP) is 1.02. The molecule has 0 radical (unpaired) electrons. The van der Waals surface area contributed by atoms with E-state index in [0.29, 0.717) is 11.3 Å². The molecule has 1 aromatic heterocycles. The number of aromatic nitrogens is 2. The number of rotatable bonds is 4. The largest absolute Gasteiger partial charge is 0.397 e. The molecule has 21 heavy (non-hydrogen) atoms. The number of amides is 1. The molecule has 0 unspecified atom stereocenters. The van der Waals surface area contributed by atoms with Crippen LogP contribution < -0.4 is 15.8 Å². The van der Waals surface area contributed by atoms with Gasteiger partial charge in [0.05, 0.1) is 11.4 Å². The number of carbonyl (C=O) groups is 1. The van der Waals surface area contributed by atoms with Crippen molar-refractivity contribution < 1.29 is 17.6 Å². The zero-order valence-electron chi connectivity index (χ0n) is 10.6. The molecule has 0 aliphatic heterocycles. The summed E-state index contributed by atoms with van der Waals surface area (Å²) in [5.41, 5.74) is 5.48. The van der Waals surface area contributed by atoms with Crippen molar-refractivity contribution in [1.29, 1.82) is 0 Å². The molecule has 0 atom stereocenters.